The van der Waals surface area contributed by atoms with Crippen molar-refractivity contribution in [2.75, 3.05) is 16.0 Å². The number of anilines is 3. The third-order valence-electron chi connectivity index (χ3n) is 10.9. The van der Waals surface area contributed by atoms with Gasteiger partial charge < -0.3 is 13.6 Å². The number of phosphoric acid groups is 1. The summed E-state index contributed by atoms with van der Waals surface area (Å²) < 4.78 is 156. The van der Waals surface area contributed by atoms with Gasteiger partial charge in [-0.3, -0.25) is 30.3 Å². The average molecular weight is 1200 g/mol. The molecule has 3 N–H and O–H groups in total. The molecule has 6 aromatic carbocycles. The van der Waals surface area contributed by atoms with E-state index in [9.17, 15) is 53.9 Å². The quantitative estimate of drug-likeness (QED) is 0.0790. The molecule has 0 aliphatic heterocycles. The van der Waals surface area contributed by atoms with Gasteiger partial charge in [-0.25, -0.2) is 15.0 Å². The molecule has 29 heteroatoms. The van der Waals surface area contributed by atoms with Crippen LogP contribution in [0.4, 0.5) is 54.9 Å². The molecule has 9 rings (SSSR count). The van der Waals surface area contributed by atoms with E-state index >= 15 is 4.57 Å². The van der Waals surface area contributed by atoms with Crippen LogP contribution in [0.5, 0.6) is 17.2 Å². The second-order valence-corrected chi connectivity index (χ2v) is 22.3. The van der Waals surface area contributed by atoms with Gasteiger partial charge in [-0.2, -0.15) is 44.1 Å². The minimum Gasteiger partial charge on any atom is -0.385 e. The number of phosphoric ester groups is 1. The Morgan fingerprint density at radius 1 is 0.455 bits per heavy atom. The van der Waals surface area contributed by atoms with Crippen LogP contribution in [0.2, 0.25) is 15.1 Å². The van der Waals surface area contributed by atoms with Crippen LogP contribution in [0.15, 0.2) is 91.0 Å². The first-order valence-corrected chi connectivity index (χ1v) is 26.5. The lowest BCUT2D eigenvalue weighted by Gasteiger charge is -2.25. The maximum atomic E-state index is 15.9. The number of aromatic nitrogens is 3. The summed E-state index contributed by atoms with van der Waals surface area (Å²) in [6.07, 6.45) is -14.1. The van der Waals surface area contributed by atoms with Crippen molar-refractivity contribution in [1.82, 2.24) is 15.0 Å². The van der Waals surface area contributed by atoms with Gasteiger partial charge in [0.25, 0.3) is 17.7 Å². The number of halogens is 12. The number of alkyl halides is 9. The van der Waals surface area contributed by atoms with Gasteiger partial charge >= 0.3 is 26.4 Å². The number of fused-ring (bicyclic) bond motifs is 3. The molecule has 0 radical (unpaired) electrons. The van der Waals surface area contributed by atoms with Crippen LogP contribution in [0, 0.1) is 20.8 Å². The van der Waals surface area contributed by atoms with Gasteiger partial charge in [-0.05, 0) is 128 Å². The van der Waals surface area contributed by atoms with E-state index in [4.69, 9.17) is 48.4 Å². The third-order valence-corrected chi connectivity index (χ3v) is 15.5. The molecule has 0 fully saturated rings. The smallest absolute Gasteiger partial charge is 0.385 e. The largest absolute Gasteiger partial charge is 0.647 e. The van der Waals surface area contributed by atoms with E-state index in [1.807, 2.05) is 0 Å². The average Bonchev–Trinajstić information content (AvgIpc) is 4.06. The predicted molar refractivity (Wildman–Crippen MR) is 276 cm³/mol. The standard InChI is InChI=1S/C48H27Cl3F9N6O7PS3/c1-19-10-25(49)16-28(40(67)64-43-61-31-7-4-22(46(52,53)54)13-34(31)75-43)37(19)71-74(70,72-38-20(2)11-26(50)17-29(38)41(68)65-44-62-32-8-5-23(47(55,56)57)14-35(32)76-44)73-39-21(3)12-27(51)18-30(39)42(69)66-45-63-33-9-6-24(48(58,59)60)15-36(33)77-45/h4-18H,1-3H3,(H,61,64,67)(H,62,65,68)(H,63,66,69). The molecule has 398 valence electrons. The number of rotatable bonds is 12. The molecule has 3 aromatic heterocycles. The molecule has 9 aromatic rings. The Bertz CT molecular complexity index is 3570. The lowest BCUT2D eigenvalue weighted by molar-refractivity contribution is -0.138. The fourth-order valence-corrected chi connectivity index (χ4v) is 12.4. The zero-order valence-electron chi connectivity index (χ0n) is 38.6. The molecule has 0 saturated carbocycles. The van der Waals surface area contributed by atoms with E-state index in [2.05, 4.69) is 30.9 Å². The van der Waals surface area contributed by atoms with E-state index in [-0.39, 0.29) is 77.8 Å². The second kappa shape index (κ2) is 20.6. The summed E-state index contributed by atoms with van der Waals surface area (Å²) in [6, 6.07) is 15.3. The first kappa shape index (κ1) is 55.0. The van der Waals surface area contributed by atoms with Crippen molar-refractivity contribution >= 4 is 140 Å². The molecule has 0 bridgehead atoms. The van der Waals surface area contributed by atoms with Gasteiger partial charge in [0.05, 0.1) is 64.0 Å². The number of nitrogens with zero attached hydrogens (tertiary/aromatic N) is 3. The molecule has 13 nitrogen and oxygen atoms in total. The van der Waals surface area contributed by atoms with Crippen LogP contribution in [0.1, 0.15) is 64.5 Å². The van der Waals surface area contributed by atoms with Gasteiger partial charge in [-0.15, -0.1) is 0 Å². The third kappa shape index (κ3) is 12.1. The van der Waals surface area contributed by atoms with Gasteiger partial charge in [0.1, 0.15) is 17.2 Å². The summed E-state index contributed by atoms with van der Waals surface area (Å²) in [5.41, 5.74) is -4.14. The van der Waals surface area contributed by atoms with E-state index in [1.54, 1.807) is 0 Å². The number of carbonyl (C=O) groups excluding carboxylic acids is 3. The second-order valence-electron chi connectivity index (χ2n) is 16.5. The van der Waals surface area contributed by atoms with Gasteiger partial charge in [0, 0.05) is 15.1 Å². The molecule has 77 heavy (non-hydrogen) atoms. The fourth-order valence-electron chi connectivity index (χ4n) is 7.41. The summed E-state index contributed by atoms with van der Waals surface area (Å²) in [5.74, 6) is -4.87. The van der Waals surface area contributed by atoms with Crippen LogP contribution in [0.25, 0.3) is 30.6 Å². The fraction of sp³-hybridized carbons (Fsp3) is 0.125. The zero-order chi connectivity index (χ0) is 55.7. The van der Waals surface area contributed by atoms with E-state index in [0.717, 1.165) is 72.8 Å². The predicted octanol–water partition coefficient (Wildman–Crippen LogP) is 16.9. The maximum absolute atomic E-state index is 15.9. The Hall–Kier alpha value is -6.73. The number of aryl methyl sites for hydroxylation is 3. The Morgan fingerprint density at radius 3 is 0.961 bits per heavy atom. The van der Waals surface area contributed by atoms with Gasteiger partial charge in [0.2, 0.25) is 0 Å². The highest BCUT2D eigenvalue weighted by molar-refractivity contribution is 7.49. The van der Waals surface area contributed by atoms with Crippen LogP contribution >= 0.6 is 76.6 Å². The number of hydrogen-bond donors (Lipinski definition) is 3. The number of benzene rings is 6. The maximum Gasteiger partial charge on any atom is 0.647 e. The molecule has 0 unspecified atom stereocenters. The first-order valence-electron chi connectivity index (χ1n) is 21.5. The van der Waals surface area contributed by atoms with Crippen molar-refractivity contribution < 1.29 is 72.0 Å². The summed E-state index contributed by atoms with van der Waals surface area (Å²) in [4.78, 5) is 55.3. The van der Waals surface area contributed by atoms with Crippen molar-refractivity contribution in [2.24, 2.45) is 0 Å². The molecular formula is C48H27Cl3F9N6O7PS3. The summed E-state index contributed by atoms with van der Waals surface area (Å²) in [5, 5.41) is 6.61. The lowest BCUT2D eigenvalue weighted by Crippen LogP contribution is -2.19. The highest BCUT2D eigenvalue weighted by atomic mass is 35.5. The van der Waals surface area contributed by atoms with Crippen LogP contribution < -0.4 is 29.5 Å². The van der Waals surface area contributed by atoms with E-state index in [0.29, 0.717) is 34.0 Å². The highest BCUT2D eigenvalue weighted by Gasteiger charge is 2.40. The van der Waals surface area contributed by atoms with Crippen LogP contribution in [0.3, 0.4) is 0 Å². The Kier molecular flexibility index (Phi) is 14.7. The molecule has 0 aliphatic rings. The van der Waals surface area contributed by atoms with E-state index in [1.165, 1.54) is 39.0 Å². The zero-order valence-corrected chi connectivity index (χ0v) is 44.2. The monoisotopic (exact) mass is 1200 g/mol. The summed E-state index contributed by atoms with van der Waals surface area (Å²) >= 11 is 21.4. The number of thiazole rings is 3. The number of amides is 3. The topological polar surface area (TPSA) is 171 Å². The SMILES string of the molecule is Cc1cc(Cl)cc(C(=O)Nc2nc3ccc(C(F)(F)F)cc3s2)c1OP(=O)(Oc1c(C)cc(Cl)cc1C(=O)Nc1nc2ccc(C(F)(F)F)cc2s1)Oc1c(C)cc(Cl)cc1C(=O)Nc1nc2ccc(C(F)(F)F)cc2s1. The molecular weight excluding hydrogens is 1180 g/mol. The van der Waals surface area contributed by atoms with Gasteiger partial charge in [0.15, 0.2) is 15.4 Å². The normalized spacial score (nSPS) is 12.3. The van der Waals surface area contributed by atoms with Crippen molar-refractivity contribution in [2.45, 2.75) is 39.3 Å². The Labute approximate surface area is 453 Å². The lowest BCUT2D eigenvalue weighted by atomic mass is 10.1. The van der Waals surface area contributed by atoms with Crippen molar-refractivity contribution in [1.29, 1.82) is 0 Å². The number of carbonyl (C=O) groups is 3. The van der Waals surface area contributed by atoms with Crippen LogP contribution in [-0.2, 0) is 23.1 Å². The summed E-state index contributed by atoms with van der Waals surface area (Å²) in [6.45, 7) is 4.09. The summed E-state index contributed by atoms with van der Waals surface area (Å²) in [7, 11) is -5.62. The van der Waals surface area contributed by atoms with Crippen molar-refractivity contribution in [3.8, 4) is 17.2 Å². The van der Waals surface area contributed by atoms with E-state index < -0.39 is 94.7 Å². The minimum absolute atomic E-state index is 0.0141. The number of nitrogens with one attached hydrogen (secondary N) is 3. The van der Waals surface area contributed by atoms with Gasteiger partial charge in [-0.1, -0.05) is 68.8 Å². The molecule has 0 aliphatic carbocycles. The van der Waals surface area contributed by atoms with Crippen LogP contribution in [-0.4, -0.2) is 32.7 Å². The molecule has 3 amide bonds. The Morgan fingerprint density at radius 2 is 0.714 bits per heavy atom. The first-order chi connectivity index (χ1) is 36.0. The molecule has 0 saturated heterocycles. The number of hydrogen-bond acceptors (Lipinski definition) is 13. The van der Waals surface area contributed by atoms with Crippen molar-refractivity contribution in [3.63, 3.8) is 0 Å². The highest BCUT2D eigenvalue weighted by Crippen LogP contribution is 2.55. The Balaban J connectivity index is 1.12. The minimum atomic E-state index is -5.62. The molecule has 0 spiro atoms. The molecule has 3 heterocycles. The molecule has 0 atom stereocenters. The van der Waals surface area contributed by atoms with Crippen molar-refractivity contribution in [3.05, 3.63) is 156 Å².